The van der Waals surface area contributed by atoms with E-state index in [1.54, 1.807) is 0 Å². The van der Waals surface area contributed by atoms with E-state index in [2.05, 4.69) is 28.2 Å². The Hall–Kier alpha value is -1.07. The average Bonchev–Trinajstić information content (AvgIpc) is 2.97. The number of hydrogen-bond donors (Lipinski definition) is 1. The molecule has 1 saturated heterocycles. The lowest BCUT2D eigenvalue weighted by Gasteiger charge is -2.28. The third-order valence-electron chi connectivity index (χ3n) is 3.44. The van der Waals surface area contributed by atoms with E-state index in [4.69, 9.17) is 4.74 Å². The van der Waals surface area contributed by atoms with Crippen LogP contribution in [-0.4, -0.2) is 43.1 Å². The first kappa shape index (κ1) is 15.3. The molecule has 0 radical (unpaired) electrons. The predicted molar refractivity (Wildman–Crippen MR) is 82.9 cm³/mol. The Morgan fingerprint density at radius 1 is 1.45 bits per heavy atom. The van der Waals surface area contributed by atoms with Crippen LogP contribution < -0.4 is 10.1 Å². The highest BCUT2D eigenvalue weighted by molar-refractivity contribution is 9.10. The van der Waals surface area contributed by atoms with E-state index in [9.17, 15) is 4.79 Å². The quantitative estimate of drug-likeness (QED) is 0.864. The summed E-state index contributed by atoms with van der Waals surface area (Å²) < 4.78 is 6.58. The molecule has 1 fully saturated rings. The third kappa shape index (κ3) is 4.21. The molecule has 0 aromatic heterocycles. The van der Waals surface area contributed by atoms with Crippen LogP contribution in [0.15, 0.2) is 28.7 Å². The molecule has 4 nitrogen and oxygen atoms in total. The summed E-state index contributed by atoms with van der Waals surface area (Å²) in [6.45, 7) is 4.89. The van der Waals surface area contributed by atoms with Crippen molar-refractivity contribution in [3.63, 3.8) is 0 Å². The molecule has 0 saturated carbocycles. The van der Waals surface area contributed by atoms with Crippen LogP contribution in [0.3, 0.4) is 0 Å². The fourth-order valence-corrected chi connectivity index (χ4v) is 2.68. The molecule has 0 spiro atoms. The summed E-state index contributed by atoms with van der Waals surface area (Å²) in [5.41, 5.74) is 0. The molecular formula is C15H21BrN2O2. The molecule has 5 heteroatoms. The summed E-state index contributed by atoms with van der Waals surface area (Å²) >= 11 is 3.38. The SMILES string of the molecule is CCCN(C(=O)COc1ccc(Br)cc1)C1CCNC1. The number of amides is 1. The lowest BCUT2D eigenvalue weighted by molar-refractivity contribution is -0.135. The first-order valence-corrected chi connectivity index (χ1v) is 7.88. The van der Waals surface area contributed by atoms with Crippen molar-refractivity contribution in [1.82, 2.24) is 10.2 Å². The van der Waals surface area contributed by atoms with Crippen LogP contribution >= 0.6 is 15.9 Å². The number of nitrogens with one attached hydrogen (secondary N) is 1. The van der Waals surface area contributed by atoms with Crippen LogP contribution in [0.5, 0.6) is 5.75 Å². The maximum absolute atomic E-state index is 12.3. The van der Waals surface area contributed by atoms with Crippen LogP contribution in [0.25, 0.3) is 0 Å². The van der Waals surface area contributed by atoms with Crippen molar-refractivity contribution >= 4 is 21.8 Å². The molecule has 1 amide bonds. The fourth-order valence-electron chi connectivity index (χ4n) is 2.42. The number of rotatable bonds is 6. The predicted octanol–water partition coefficient (Wildman–Crippen LogP) is 2.43. The zero-order valence-electron chi connectivity index (χ0n) is 11.8. The maximum Gasteiger partial charge on any atom is 0.260 e. The van der Waals surface area contributed by atoms with Crippen LogP contribution in [0.4, 0.5) is 0 Å². The lowest BCUT2D eigenvalue weighted by Crippen LogP contribution is -2.44. The molecule has 1 aliphatic heterocycles. The topological polar surface area (TPSA) is 41.6 Å². The first-order valence-electron chi connectivity index (χ1n) is 7.09. The van der Waals surface area contributed by atoms with Gasteiger partial charge in [-0.2, -0.15) is 0 Å². The van der Waals surface area contributed by atoms with Gasteiger partial charge in [-0.25, -0.2) is 0 Å². The second-order valence-electron chi connectivity index (χ2n) is 4.98. The van der Waals surface area contributed by atoms with Crippen molar-refractivity contribution in [2.24, 2.45) is 0 Å². The number of carbonyl (C=O) groups excluding carboxylic acids is 1. The number of nitrogens with zero attached hydrogens (tertiary/aromatic N) is 1. The minimum atomic E-state index is 0.0727. The highest BCUT2D eigenvalue weighted by atomic mass is 79.9. The number of benzene rings is 1. The monoisotopic (exact) mass is 340 g/mol. The Kier molecular flexibility index (Phi) is 5.86. The first-order chi connectivity index (χ1) is 9.70. The van der Waals surface area contributed by atoms with Crippen molar-refractivity contribution in [3.05, 3.63) is 28.7 Å². The number of hydrogen-bond acceptors (Lipinski definition) is 3. The fraction of sp³-hybridized carbons (Fsp3) is 0.533. The molecule has 1 aromatic rings. The number of carbonyl (C=O) groups is 1. The van der Waals surface area contributed by atoms with Crippen LogP contribution in [0.2, 0.25) is 0 Å². The Balaban J connectivity index is 1.89. The molecule has 0 bridgehead atoms. The van der Waals surface area contributed by atoms with Crippen LogP contribution in [-0.2, 0) is 4.79 Å². The van der Waals surface area contributed by atoms with Gasteiger partial charge in [-0.3, -0.25) is 4.79 Å². The molecular weight excluding hydrogens is 320 g/mol. The Morgan fingerprint density at radius 3 is 2.80 bits per heavy atom. The molecule has 1 N–H and O–H groups in total. The summed E-state index contributed by atoms with van der Waals surface area (Å²) in [7, 11) is 0. The Bertz CT molecular complexity index is 430. The zero-order chi connectivity index (χ0) is 14.4. The van der Waals surface area contributed by atoms with Crippen molar-refractivity contribution in [2.75, 3.05) is 26.2 Å². The summed E-state index contributed by atoms with van der Waals surface area (Å²) in [5.74, 6) is 0.797. The molecule has 2 rings (SSSR count). The summed E-state index contributed by atoms with van der Waals surface area (Å²) in [6, 6.07) is 7.85. The van der Waals surface area contributed by atoms with Crippen molar-refractivity contribution in [1.29, 1.82) is 0 Å². The molecule has 1 unspecified atom stereocenters. The highest BCUT2D eigenvalue weighted by Crippen LogP contribution is 2.16. The summed E-state index contributed by atoms with van der Waals surface area (Å²) in [6.07, 6.45) is 2.00. The van der Waals surface area contributed by atoms with Gasteiger partial charge < -0.3 is 15.0 Å². The van der Waals surface area contributed by atoms with Crippen molar-refractivity contribution in [2.45, 2.75) is 25.8 Å². The minimum absolute atomic E-state index is 0.0727. The van der Waals surface area contributed by atoms with E-state index in [-0.39, 0.29) is 12.5 Å². The smallest absolute Gasteiger partial charge is 0.260 e. The van der Waals surface area contributed by atoms with Gasteiger partial charge in [-0.15, -0.1) is 0 Å². The third-order valence-corrected chi connectivity index (χ3v) is 3.96. The standard InChI is InChI=1S/C15H21BrN2O2/c1-2-9-18(13-7-8-17-10-13)15(19)11-20-14-5-3-12(16)4-6-14/h3-6,13,17H,2,7-11H2,1H3. The van der Waals surface area contributed by atoms with Gasteiger partial charge in [0.2, 0.25) is 0 Å². The number of ether oxygens (including phenoxy) is 1. The van der Waals surface area contributed by atoms with Gasteiger partial charge in [0.25, 0.3) is 5.91 Å². The second-order valence-corrected chi connectivity index (χ2v) is 5.89. The molecule has 1 aliphatic rings. The van der Waals surface area contributed by atoms with Gasteiger partial charge in [-0.05, 0) is 43.7 Å². The molecule has 0 aliphatic carbocycles. The van der Waals surface area contributed by atoms with E-state index in [1.165, 1.54) is 0 Å². The zero-order valence-corrected chi connectivity index (χ0v) is 13.4. The summed E-state index contributed by atoms with van der Waals surface area (Å²) in [4.78, 5) is 14.3. The van der Waals surface area contributed by atoms with E-state index < -0.39 is 0 Å². The van der Waals surface area contributed by atoms with Crippen molar-refractivity contribution < 1.29 is 9.53 Å². The maximum atomic E-state index is 12.3. The normalized spacial score (nSPS) is 18.0. The van der Waals surface area contributed by atoms with Gasteiger partial charge in [0.05, 0.1) is 0 Å². The number of halogens is 1. The van der Waals surface area contributed by atoms with Gasteiger partial charge in [0.1, 0.15) is 5.75 Å². The molecule has 20 heavy (non-hydrogen) atoms. The Morgan fingerprint density at radius 2 is 2.20 bits per heavy atom. The minimum Gasteiger partial charge on any atom is -0.484 e. The lowest BCUT2D eigenvalue weighted by atomic mass is 10.2. The van der Waals surface area contributed by atoms with Crippen LogP contribution in [0.1, 0.15) is 19.8 Å². The van der Waals surface area contributed by atoms with Gasteiger partial charge in [-0.1, -0.05) is 22.9 Å². The molecule has 1 atom stereocenters. The molecule has 1 heterocycles. The second kappa shape index (κ2) is 7.64. The van der Waals surface area contributed by atoms with Crippen molar-refractivity contribution in [3.8, 4) is 5.75 Å². The molecule has 1 aromatic carbocycles. The van der Waals surface area contributed by atoms with Gasteiger partial charge in [0, 0.05) is 23.6 Å². The largest absolute Gasteiger partial charge is 0.484 e. The average molecular weight is 341 g/mol. The van der Waals surface area contributed by atoms with E-state index in [0.29, 0.717) is 6.04 Å². The summed E-state index contributed by atoms with van der Waals surface area (Å²) in [5, 5.41) is 3.31. The molecule has 110 valence electrons. The Labute approximate surface area is 128 Å². The van der Waals surface area contributed by atoms with E-state index in [0.717, 1.165) is 42.7 Å². The van der Waals surface area contributed by atoms with E-state index >= 15 is 0 Å². The highest BCUT2D eigenvalue weighted by Gasteiger charge is 2.25. The van der Waals surface area contributed by atoms with Gasteiger partial charge in [0.15, 0.2) is 6.61 Å². The van der Waals surface area contributed by atoms with E-state index in [1.807, 2.05) is 29.2 Å². The van der Waals surface area contributed by atoms with Crippen LogP contribution in [0, 0.1) is 0 Å². The van der Waals surface area contributed by atoms with Gasteiger partial charge >= 0.3 is 0 Å².